The average Bonchev–Trinajstić information content (AvgIpc) is 2.92. The average molecular weight is 489 g/mol. The van der Waals surface area contributed by atoms with E-state index >= 15 is 0 Å². The molecule has 0 aliphatic rings. The summed E-state index contributed by atoms with van der Waals surface area (Å²) >= 11 is 0. The van der Waals surface area contributed by atoms with Crippen LogP contribution in [0.15, 0.2) is 42.5 Å². The van der Waals surface area contributed by atoms with Gasteiger partial charge in [0, 0.05) is 21.5 Å². The molecule has 0 aliphatic heterocycles. The van der Waals surface area contributed by atoms with Crippen molar-refractivity contribution in [1.29, 1.82) is 0 Å². The van der Waals surface area contributed by atoms with Gasteiger partial charge in [0.05, 0.1) is 49.8 Å². The van der Waals surface area contributed by atoms with Crippen molar-refractivity contribution >= 4 is 43.1 Å². The standard InChI is InChI=1S/C29H28O7/c1-30-21-12-15-8-10-17-19(23(15)28(35-6)26(21)33-4)14-20-18(25(17)32-3)11-9-16-13-22(31-2)27(34-5)29(36-7)24(16)20/h8-14H,1-7H3. The van der Waals surface area contributed by atoms with E-state index in [2.05, 4.69) is 18.2 Å². The van der Waals surface area contributed by atoms with E-state index in [1.54, 1.807) is 49.8 Å². The van der Waals surface area contributed by atoms with E-state index in [4.69, 9.17) is 33.2 Å². The third kappa shape index (κ3) is 3.19. The van der Waals surface area contributed by atoms with Crippen LogP contribution in [0.25, 0.3) is 43.1 Å². The molecule has 0 heterocycles. The molecule has 0 aromatic heterocycles. The van der Waals surface area contributed by atoms with Crippen LogP contribution < -0.4 is 33.2 Å². The van der Waals surface area contributed by atoms with Crippen molar-refractivity contribution in [3.63, 3.8) is 0 Å². The summed E-state index contributed by atoms with van der Waals surface area (Å²) in [5.74, 6) is 4.17. The molecule has 0 saturated heterocycles. The van der Waals surface area contributed by atoms with Gasteiger partial charge >= 0.3 is 0 Å². The van der Waals surface area contributed by atoms with Gasteiger partial charge in [0.15, 0.2) is 23.0 Å². The molecule has 5 aromatic carbocycles. The summed E-state index contributed by atoms with van der Waals surface area (Å²) in [6, 6.07) is 14.2. The molecule has 0 saturated carbocycles. The van der Waals surface area contributed by atoms with Crippen LogP contribution in [0.4, 0.5) is 0 Å². The lowest BCUT2D eigenvalue weighted by molar-refractivity contribution is 0.327. The van der Waals surface area contributed by atoms with Gasteiger partial charge in [-0.05, 0) is 51.9 Å². The molecule has 36 heavy (non-hydrogen) atoms. The Morgan fingerprint density at radius 3 is 1.08 bits per heavy atom. The van der Waals surface area contributed by atoms with E-state index < -0.39 is 0 Å². The molecule has 5 rings (SSSR count). The van der Waals surface area contributed by atoms with Gasteiger partial charge in [-0.2, -0.15) is 0 Å². The predicted octanol–water partition coefficient (Wildman–Crippen LogP) is 6.36. The fraction of sp³-hybridized carbons (Fsp3) is 0.241. The second-order valence-electron chi connectivity index (χ2n) is 8.22. The van der Waals surface area contributed by atoms with Crippen LogP contribution in [0.5, 0.6) is 40.2 Å². The zero-order chi connectivity index (χ0) is 25.6. The topological polar surface area (TPSA) is 64.6 Å². The fourth-order valence-electron chi connectivity index (χ4n) is 5.17. The third-order valence-electron chi connectivity index (χ3n) is 6.68. The van der Waals surface area contributed by atoms with E-state index in [1.165, 1.54) is 0 Å². The maximum absolute atomic E-state index is 6.00. The summed E-state index contributed by atoms with van der Waals surface area (Å²) in [7, 11) is 11.4. The first-order chi connectivity index (χ1) is 17.6. The summed E-state index contributed by atoms with van der Waals surface area (Å²) < 4.78 is 40.3. The number of benzene rings is 5. The number of methoxy groups -OCH3 is 7. The largest absolute Gasteiger partial charge is 0.495 e. The summed E-state index contributed by atoms with van der Waals surface area (Å²) in [6.45, 7) is 0. The van der Waals surface area contributed by atoms with E-state index in [0.717, 1.165) is 48.8 Å². The summed E-state index contributed by atoms with van der Waals surface area (Å²) in [5, 5.41) is 7.46. The molecule has 0 unspecified atom stereocenters. The molecule has 0 N–H and O–H groups in total. The minimum Gasteiger partial charge on any atom is -0.495 e. The smallest absolute Gasteiger partial charge is 0.203 e. The van der Waals surface area contributed by atoms with Gasteiger partial charge in [0.25, 0.3) is 0 Å². The lowest BCUT2D eigenvalue weighted by Gasteiger charge is -2.20. The number of ether oxygens (including phenoxy) is 7. The molecule has 0 fully saturated rings. The van der Waals surface area contributed by atoms with Gasteiger partial charge in [-0.3, -0.25) is 0 Å². The van der Waals surface area contributed by atoms with Crippen molar-refractivity contribution in [3.05, 3.63) is 42.5 Å². The van der Waals surface area contributed by atoms with Crippen molar-refractivity contribution in [2.45, 2.75) is 0 Å². The Bertz CT molecular complexity index is 1520. The van der Waals surface area contributed by atoms with E-state index in [1.807, 2.05) is 24.3 Å². The Morgan fingerprint density at radius 2 is 0.750 bits per heavy atom. The monoisotopic (exact) mass is 488 g/mol. The molecule has 5 aromatic rings. The minimum atomic E-state index is 0.529. The van der Waals surface area contributed by atoms with Gasteiger partial charge in [-0.25, -0.2) is 0 Å². The van der Waals surface area contributed by atoms with Gasteiger partial charge in [0.2, 0.25) is 11.5 Å². The van der Waals surface area contributed by atoms with Gasteiger partial charge in [0.1, 0.15) is 5.75 Å². The normalized spacial score (nSPS) is 11.2. The Hall–Kier alpha value is -4.26. The summed E-state index contributed by atoms with van der Waals surface area (Å²) in [6.07, 6.45) is 0. The Morgan fingerprint density at radius 1 is 0.361 bits per heavy atom. The van der Waals surface area contributed by atoms with Gasteiger partial charge in [-0.15, -0.1) is 0 Å². The predicted molar refractivity (Wildman–Crippen MR) is 142 cm³/mol. The van der Waals surface area contributed by atoms with Crippen molar-refractivity contribution in [1.82, 2.24) is 0 Å². The second kappa shape index (κ2) is 9.07. The number of hydrogen-bond donors (Lipinski definition) is 0. The molecule has 0 amide bonds. The first-order valence-electron chi connectivity index (χ1n) is 11.3. The zero-order valence-corrected chi connectivity index (χ0v) is 21.4. The molecule has 186 valence electrons. The fourth-order valence-corrected chi connectivity index (χ4v) is 5.17. The lowest BCUT2D eigenvalue weighted by atomic mass is 9.93. The molecular weight excluding hydrogens is 460 g/mol. The third-order valence-corrected chi connectivity index (χ3v) is 6.68. The highest BCUT2D eigenvalue weighted by molar-refractivity contribution is 6.23. The molecule has 7 heteroatoms. The summed E-state index contributed by atoms with van der Waals surface area (Å²) in [4.78, 5) is 0. The van der Waals surface area contributed by atoms with Gasteiger partial charge in [-0.1, -0.05) is 12.1 Å². The number of rotatable bonds is 7. The van der Waals surface area contributed by atoms with E-state index in [9.17, 15) is 0 Å². The molecule has 0 bridgehead atoms. The Kier molecular flexibility index (Phi) is 5.92. The maximum atomic E-state index is 6.00. The highest BCUT2D eigenvalue weighted by atomic mass is 16.5. The zero-order valence-electron chi connectivity index (χ0n) is 21.4. The van der Waals surface area contributed by atoms with E-state index in [0.29, 0.717) is 34.5 Å². The van der Waals surface area contributed by atoms with Crippen molar-refractivity contribution in [3.8, 4) is 40.2 Å². The second-order valence-corrected chi connectivity index (χ2v) is 8.22. The van der Waals surface area contributed by atoms with Crippen LogP contribution >= 0.6 is 0 Å². The Balaban J connectivity index is 2.07. The van der Waals surface area contributed by atoms with Crippen LogP contribution in [0.1, 0.15) is 0 Å². The van der Waals surface area contributed by atoms with Crippen LogP contribution in [-0.2, 0) is 0 Å². The molecule has 0 atom stereocenters. The molecule has 7 nitrogen and oxygen atoms in total. The van der Waals surface area contributed by atoms with Crippen LogP contribution in [0, 0.1) is 0 Å². The number of hydrogen-bond acceptors (Lipinski definition) is 7. The SMILES string of the molecule is COc1cc2ccc3c(OC)c4ccc5cc(OC)c(OC)c(OC)c5c4cc3c2c(OC)c1OC. The molecule has 0 spiro atoms. The summed E-state index contributed by atoms with van der Waals surface area (Å²) in [5.41, 5.74) is 0. The van der Waals surface area contributed by atoms with Crippen LogP contribution in [-0.4, -0.2) is 49.8 Å². The first kappa shape index (κ1) is 23.5. The van der Waals surface area contributed by atoms with Crippen LogP contribution in [0.3, 0.4) is 0 Å². The van der Waals surface area contributed by atoms with Crippen molar-refractivity contribution in [2.75, 3.05) is 49.8 Å². The lowest BCUT2D eigenvalue weighted by Crippen LogP contribution is -1.98. The highest BCUT2D eigenvalue weighted by Crippen LogP contribution is 2.51. The molecule has 0 radical (unpaired) electrons. The first-order valence-corrected chi connectivity index (χ1v) is 11.3. The van der Waals surface area contributed by atoms with Gasteiger partial charge < -0.3 is 33.2 Å². The highest BCUT2D eigenvalue weighted by Gasteiger charge is 2.23. The van der Waals surface area contributed by atoms with Crippen LogP contribution in [0.2, 0.25) is 0 Å². The molecule has 0 aliphatic carbocycles. The minimum absolute atomic E-state index is 0.529. The van der Waals surface area contributed by atoms with E-state index in [-0.39, 0.29) is 0 Å². The quantitative estimate of drug-likeness (QED) is 0.195. The Labute approximate surface area is 209 Å². The molecular formula is C29H28O7. The number of fused-ring (bicyclic) bond motifs is 6. The van der Waals surface area contributed by atoms with Crippen molar-refractivity contribution in [2.24, 2.45) is 0 Å². The maximum Gasteiger partial charge on any atom is 0.203 e. The van der Waals surface area contributed by atoms with Crippen molar-refractivity contribution < 1.29 is 33.2 Å².